The van der Waals surface area contributed by atoms with Gasteiger partial charge in [0.2, 0.25) is 0 Å². The lowest BCUT2D eigenvalue weighted by molar-refractivity contribution is -0.915. The third kappa shape index (κ3) is 10.7. The van der Waals surface area contributed by atoms with Gasteiger partial charge in [-0.1, -0.05) is 38.1 Å². The molecule has 1 aromatic rings. The molecule has 1 fully saturated rings. The van der Waals surface area contributed by atoms with Gasteiger partial charge in [0, 0.05) is 43.5 Å². The van der Waals surface area contributed by atoms with Crippen molar-refractivity contribution in [2.75, 3.05) is 39.4 Å². The van der Waals surface area contributed by atoms with Crippen molar-refractivity contribution in [3.05, 3.63) is 29.8 Å². The van der Waals surface area contributed by atoms with Crippen LogP contribution in [0.5, 0.6) is 0 Å². The van der Waals surface area contributed by atoms with Crippen molar-refractivity contribution >= 4 is 12.6 Å². The van der Waals surface area contributed by atoms with Crippen LogP contribution in [0.25, 0.3) is 0 Å². The Hall–Kier alpha value is -0.0451. The van der Waals surface area contributed by atoms with Gasteiger partial charge < -0.3 is 62.9 Å². The van der Waals surface area contributed by atoms with Gasteiger partial charge in [-0.3, -0.25) is 0 Å². The Bertz CT molecular complexity index is 500. The topological polar surface area (TPSA) is 78.2 Å². The average molecular weight is 457 g/mol. The van der Waals surface area contributed by atoms with Crippen LogP contribution in [-0.4, -0.2) is 46.5 Å². The summed E-state index contributed by atoms with van der Waals surface area (Å²) >= 11 is 0. The molecular weight excluding hydrogens is 419 g/mol. The molecule has 1 saturated heterocycles. The van der Waals surface area contributed by atoms with Gasteiger partial charge in [-0.05, 0) is 5.46 Å². The van der Waals surface area contributed by atoms with Gasteiger partial charge in [0.05, 0.1) is 26.2 Å². The number of nitrogens with one attached hydrogen (secondary N) is 1. The van der Waals surface area contributed by atoms with Crippen LogP contribution in [0.15, 0.2) is 24.3 Å². The molecule has 0 aliphatic carbocycles. The number of quaternary nitrogens is 3. The van der Waals surface area contributed by atoms with E-state index in [1.807, 2.05) is 0 Å². The van der Waals surface area contributed by atoms with Gasteiger partial charge in [0.25, 0.3) is 0 Å². The Labute approximate surface area is 189 Å². The molecule has 0 bridgehead atoms. The van der Waals surface area contributed by atoms with Gasteiger partial charge in [0.15, 0.2) is 0 Å². The molecule has 0 spiro atoms. The highest BCUT2D eigenvalue weighted by molar-refractivity contribution is 6.61. The highest BCUT2D eigenvalue weighted by Gasteiger charge is 2.33. The van der Waals surface area contributed by atoms with Crippen molar-refractivity contribution in [3.8, 4) is 0 Å². The Balaban J connectivity index is 0. The summed E-state index contributed by atoms with van der Waals surface area (Å²) in [6, 6.07) is 8.78. The van der Waals surface area contributed by atoms with Crippen molar-refractivity contribution in [2.45, 2.75) is 39.7 Å². The molecule has 164 valence electrons. The predicted octanol–water partition coefficient (Wildman–Crippen LogP) is -10.5. The van der Waals surface area contributed by atoms with Crippen molar-refractivity contribution in [2.24, 2.45) is 5.41 Å². The van der Waals surface area contributed by atoms with E-state index in [4.69, 9.17) is 9.31 Å². The fourth-order valence-electron chi connectivity index (χ4n) is 3.19. The zero-order chi connectivity index (χ0) is 18.1. The van der Waals surface area contributed by atoms with Crippen LogP contribution in [0.4, 0.5) is 0 Å². The van der Waals surface area contributed by atoms with E-state index < -0.39 is 0 Å². The van der Waals surface area contributed by atoms with E-state index in [-0.39, 0.29) is 49.8 Å². The minimum Gasteiger partial charge on any atom is -1.00 e. The third-order valence-corrected chi connectivity index (χ3v) is 4.77. The first kappa shape index (κ1) is 30.2. The summed E-state index contributed by atoms with van der Waals surface area (Å²) in [7, 11) is -0.214. The molecule has 1 aromatic carbocycles. The molecule has 1 unspecified atom stereocenters. The Morgan fingerprint density at radius 1 is 0.893 bits per heavy atom. The van der Waals surface area contributed by atoms with Crippen LogP contribution in [0, 0.1) is 5.41 Å². The molecule has 0 saturated carbocycles. The first-order chi connectivity index (χ1) is 12.0. The number of rotatable bonds is 10. The molecule has 5 nitrogen and oxygen atoms in total. The minimum absolute atomic E-state index is 0. The maximum Gasteiger partial charge on any atom is 0.493 e. The Morgan fingerprint density at radius 2 is 1.43 bits per heavy atom. The molecule has 2 rings (SSSR count). The molecule has 28 heavy (non-hydrogen) atoms. The molecule has 1 aliphatic rings. The maximum absolute atomic E-state index is 5.88. The third-order valence-electron chi connectivity index (χ3n) is 4.77. The standard InChI is InChI=1S/C19H34BN3O2.3ClH/c1-19(2)15-24-20(25-16-19)18-8-6-17(7-9-18)14-23(13-5-11-22)12-4-3-10-21;;;/h6-9H,3-5,10-16,21-22H2,1-2H3;3*1H. The van der Waals surface area contributed by atoms with E-state index in [0.29, 0.717) is 0 Å². The summed E-state index contributed by atoms with van der Waals surface area (Å²) in [6.07, 6.45) is 3.67. The first-order valence-corrected chi connectivity index (χ1v) is 9.78. The lowest BCUT2D eigenvalue weighted by Gasteiger charge is -2.33. The SMILES string of the molecule is CC1(C)COB(c2ccc(C[NH+](CCC[NH3+])CCCC[NH3+])cc2)OC1.[Cl-].[Cl-].[Cl-]. The predicted molar refractivity (Wildman–Crippen MR) is 101 cm³/mol. The molecule has 1 aliphatic heterocycles. The van der Waals surface area contributed by atoms with Crippen LogP contribution in [0.1, 0.15) is 38.7 Å². The summed E-state index contributed by atoms with van der Waals surface area (Å²) in [4.78, 5) is 1.65. The Kier molecular flexibility index (Phi) is 17.0. The van der Waals surface area contributed by atoms with Crippen molar-refractivity contribution < 1.29 is 62.9 Å². The summed E-state index contributed by atoms with van der Waals surface area (Å²) in [5, 5.41) is 0. The highest BCUT2D eigenvalue weighted by atomic mass is 35.5. The second-order valence-corrected chi connectivity index (χ2v) is 8.05. The van der Waals surface area contributed by atoms with Gasteiger partial charge >= 0.3 is 7.12 Å². The monoisotopic (exact) mass is 455 g/mol. The van der Waals surface area contributed by atoms with Crippen molar-refractivity contribution in [1.82, 2.24) is 0 Å². The quantitative estimate of drug-likeness (QED) is 0.242. The molecular formula is C19H37BCl3N3O2. The lowest BCUT2D eigenvalue weighted by Crippen LogP contribution is -3.10. The zero-order valence-corrected chi connectivity index (χ0v) is 19.6. The zero-order valence-electron chi connectivity index (χ0n) is 17.3. The van der Waals surface area contributed by atoms with E-state index in [9.17, 15) is 0 Å². The Morgan fingerprint density at radius 3 is 1.96 bits per heavy atom. The van der Waals surface area contributed by atoms with E-state index in [1.54, 1.807) is 4.90 Å². The lowest BCUT2D eigenvalue weighted by atomic mass is 9.75. The molecule has 0 amide bonds. The second kappa shape index (κ2) is 15.7. The molecule has 1 atom stereocenters. The smallest absolute Gasteiger partial charge is 0.493 e. The normalized spacial score (nSPS) is 16.4. The van der Waals surface area contributed by atoms with Crippen molar-refractivity contribution in [1.29, 1.82) is 0 Å². The average Bonchev–Trinajstić information content (AvgIpc) is 2.60. The van der Waals surface area contributed by atoms with E-state index in [1.165, 1.54) is 37.9 Å². The number of halogens is 3. The largest absolute Gasteiger partial charge is 1.00 e. The fraction of sp³-hybridized carbons (Fsp3) is 0.684. The van der Waals surface area contributed by atoms with E-state index in [2.05, 4.69) is 49.6 Å². The number of unbranched alkanes of at least 4 members (excludes halogenated alkanes) is 1. The van der Waals surface area contributed by atoms with Crippen LogP contribution in [-0.2, 0) is 15.9 Å². The van der Waals surface area contributed by atoms with Crippen LogP contribution < -0.4 is 59.1 Å². The van der Waals surface area contributed by atoms with E-state index in [0.717, 1.165) is 38.3 Å². The summed E-state index contributed by atoms with van der Waals surface area (Å²) < 4.78 is 11.8. The maximum atomic E-state index is 5.88. The minimum atomic E-state index is -0.214. The molecule has 1 heterocycles. The highest BCUT2D eigenvalue weighted by Crippen LogP contribution is 2.21. The van der Waals surface area contributed by atoms with E-state index >= 15 is 0 Å². The van der Waals surface area contributed by atoms with Crippen LogP contribution in [0.2, 0.25) is 0 Å². The number of hydrogen-bond acceptors (Lipinski definition) is 2. The first-order valence-electron chi connectivity index (χ1n) is 9.78. The van der Waals surface area contributed by atoms with Crippen LogP contribution >= 0.6 is 0 Å². The number of benzene rings is 1. The summed E-state index contributed by atoms with van der Waals surface area (Å²) in [5.74, 6) is 0. The fourth-order valence-corrected chi connectivity index (χ4v) is 3.19. The summed E-state index contributed by atoms with van der Waals surface area (Å²) in [6.45, 7) is 11.4. The van der Waals surface area contributed by atoms with Gasteiger partial charge in [-0.25, -0.2) is 0 Å². The summed E-state index contributed by atoms with van der Waals surface area (Å²) in [5.41, 5.74) is 10.5. The van der Waals surface area contributed by atoms with Crippen LogP contribution in [0.3, 0.4) is 0 Å². The molecule has 0 radical (unpaired) electrons. The second-order valence-electron chi connectivity index (χ2n) is 8.05. The van der Waals surface area contributed by atoms with Gasteiger partial charge in [-0.2, -0.15) is 0 Å². The molecule has 7 N–H and O–H groups in total. The van der Waals surface area contributed by atoms with Crippen molar-refractivity contribution in [3.63, 3.8) is 0 Å². The van der Waals surface area contributed by atoms with Gasteiger partial charge in [0.1, 0.15) is 6.54 Å². The molecule has 9 heteroatoms. The van der Waals surface area contributed by atoms with Gasteiger partial charge in [-0.15, -0.1) is 0 Å². The molecule has 0 aromatic heterocycles. The number of hydrogen-bond donors (Lipinski definition) is 3.